The molecule has 1 aromatic rings. The molecule has 0 saturated heterocycles. The van der Waals surface area contributed by atoms with Gasteiger partial charge in [-0.1, -0.05) is 0 Å². The minimum Gasteiger partial charge on any atom is -0.362 e. The molecule has 1 rings (SSSR count). The van der Waals surface area contributed by atoms with Crippen LogP contribution in [0.15, 0.2) is 6.33 Å². The summed E-state index contributed by atoms with van der Waals surface area (Å²) in [7, 11) is 3.96. The third-order valence-electron chi connectivity index (χ3n) is 1.73. The standard InChI is InChI=1S/C8H13N3/c1-6-7(2)9-5-10-8(6)11(3)4/h5H,1-4H3. The van der Waals surface area contributed by atoms with Crippen LogP contribution in [0.2, 0.25) is 0 Å². The van der Waals surface area contributed by atoms with E-state index in [2.05, 4.69) is 9.97 Å². The van der Waals surface area contributed by atoms with Gasteiger partial charge in [-0.2, -0.15) is 0 Å². The first-order chi connectivity index (χ1) is 5.13. The van der Waals surface area contributed by atoms with E-state index >= 15 is 0 Å². The summed E-state index contributed by atoms with van der Waals surface area (Å²) >= 11 is 0. The molecule has 11 heavy (non-hydrogen) atoms. The van der Waals surface area contributed by atoms with Crippen molar-refractivity contribution in [2.75, 3.05) is 19.0 Å². The number of anilines is 1. The molecule has 0 unspecified atom stereocenters. The molecule has 0 atom stereocenters. The van der Waals surface area contributed by atoms with Gasteiger partial charge in [0, 0.05) is 25.4 Å². The lowest BCUT2D eigenvalue weighted by Gasteiger charge is -2.14. The summed E-state index contributed by atoms with van der Waals surface area (Å²) in [4.78, 5) is 10.2. The lowest BCUT2D eigenvalue weighted by Crippen LogP contribution is -2.13. The monoisotopic (exact) mass is 151 g/mol. The Morgan fingerprint density at radius 2 is 1.82 bits per heavy atom. The van der Waals surface area contributed by atoms with Crippen LogP contribution in [0.3, 0.4) is 0 Å². The van der Waals surface area contributed by atoms with Crippen LogP contribution < -0.4 is 4.90 Å². The van der Waals surface area contributed by atoms with Gasteiger partial charge in [0.2, 0.25) is 0 Å². The molecular formula is C8H13N3. The van der Waals surface area contributed by atoms with Crippen molar-refractivity contribution < 1.29 is 0 Å². The summed E-state index contributed by atoms with van der Waals surface area (Å²) in [6.45, 7) is 4.02. The molecular weight excluding hydrogens is 138 g/mol. The van der Waals surface area contributed by atoms with Gasteiger partial charge in [-0.25, -0.2) is 9.97 Å². The number of rotatable bonds is 1. The van der Waals surface area contributed by atoms with Crippen LogP contribution in [-0.2, 0) is 0 Å². The molecule has 0 saturated carbocycles. The summed E-state index contributed by atoms with van der Waals surface area (Å²) in [6, 6.07) is 0. The van der Waals surface area contributed by atoms with Crippen LogP contribution in [0.4, 0.5) is 5.82 Å². The van der Waals surface area contributed by atoms with Crippen molar-refractivity contribution >= 4 is 5.82 Å². The molecule has 60 valence electrons. The maximum Gasteiger partial charge on any atom is 0.134 e. The summed E-state index contributed by atoms with van der Waals surface area (Å²) in [6.07, 6.45) is 1.59. The van der Waals surface area contributed by atoms with Crippen LogP contribution >= 0.6 is 0 Å². The third-order valence-corrected chi connectivity index (χ3v) is 1.73. The largest absolute Gasteiger partial charge is 0.362 e. The van der Waals surface area contributed by atoms with Crippen molar-refractivity contribution in [1.29, 1.82) is 0 Å². The quantitative estimate of drug-likeness (QED) is 0.603. The second-order valence-electron chi connectivity index (χ2n) is 2.80. The fourth-order valence-electron chi connectivity index (χ4n) is 0.976. The van der Waals surface area contributed by atoms with E-state index in [1.165, 1.54) is 0 Å². The molecule has 0 N–H and O–H groups in total. The summed E-state index contributed by atoms with van der Waals surface area (Å²) in [5, 5.41) is 0. The van der Waals surface area contributed by atoms with Crippen LogP contribution in [0.5, 0.6) is 0 Å². The zero-order valence-corrected chi connectivity index (χ0v) is 7.42. The Balaban J connectivity index is 3.17. The Morgan fingerprint density at radius 3 is 2.27 bits per heavy atom. The molecule has 0 amide bonds. The molecule has 1 heterocycles. The number of nitrogens with zero attached hydrogens (tertiary/aromatic N) is 3. The second-order valence-corrected chi connectivity index (χ2v) is 2.80. The van der Waals surface area contributed by atoms with Crippen molar-refractivity contribution in [3.05, 3.63) is 17.6 Å². The molecule has 1 aromatic heterocycles. The molecule has 0 aliphatic carbocycles. The fraction of sp³-hybridized carbons (Fsp3) is 0.500. The van der Waals surface area contributed by atoms with Crippen molar-refractivity contribution in [2.24, 2.45) is 0 Å². The molecule has 0 fully saturated rings. The average Bonchev–Trinajstić information content (AvgIpc) is 1.94. The van der Waals surface area contributed by atoms with Gasteiger partial charge in [0.15, 0.2) is 0 Å². The number of aryl methyl sites for hydroxylation is 1. The predicted molar refractivity (Wildman–Crippen MR) is 45.8 cm³/mol. The second kappa shape index (κ2) is 2.86. The van der Waals surface area contributed by atoms with Crippen LogP contribution in [0, 0.1) is 13.8 Å². The third kappa shape index (κ3) is 1.48. The topological polar surface area (TPSA) is 29.0 Å². The molecule has 0 bridgehead atoms. The fourth-order valence-corrected chi connectivity index (χ4v) is 0.976. The van der Waals surface area contributed by atoms with Gasteiger partial charge in [0.1, 0.15) is 12.1 Å². The van der Waals surface area contributed by atoms with Crippen molar-refractivity contribution in [2.45, 2.75) is 13.8 Å². The first kappa shape index (κ1) is 7.98. The highest BCUT2D eigenvalue weighted by Gasteiger charge is 2.03. The van der Waals surface area contributed by atoms with Crippen LogP contribution in [-0.4, -0.2) is 24.1 Å². The molecule has 0 aliphatic rings. The van der Waals surface area contributed by atoms with Crippen molar-refractivity contribution in [3.8, 4) is 0 Å². The number of hydrogen-bond donors (Lipinski definition) is 0. The number of aromatic nitrogens is 2. The first-order valence-corrected chi connectivity index (χ1v) is 3.58. The maximum absolute atomic E-state index is 4.15. The molecule has 0 spiro atoms. The molecule has 0 aromatic carbocycles. The molecule has 3 nitrogen and oxygen atoms in total. The van der Waals surface area contributed by atoms with Gasteiger partial charge < -0.3 is 4.90 Å². The Hall–Kier alpha value is -1.12. The highest BCUT2D eigenvalue weighted by Crippen LogP contribution is 2.14. The minimum absolute atomic E-state index is 0.998. The Morgan fingerprint density at radius 1 is 1.18 bits per heavy atom. The normalized spacial score (nSPS) is 9.82. The van der Waals surface area contributed by atoms with E-state index in [0.29, 0.717) is 0 Å². The van der Waals surface area contributed by atoms with Gasteiger partial charge in [-0.05, 0) is 13.8 Å². The molecule has 0 radical (unpaired) electrons. The predicted octanol–water partition coefficient (Wildman–Crippen LogP) is 1.16. The lowest BCUT2D eigenvalue weighted by molar-refractivity contribution is 0.987. The van der Waals surface area contributed by atoms with Crippen molar-refractivity contribution in [3.63, 3.8) is 0 Å². The van der Waals surface area contributed by atoms with E-state index in [1.807, 2.05) is 32.8 Å². The maximum atomic E-state index is 4.15. The van der Waals surface area contributed by atoms with E-state index in [9.17, 15) is 0 Å². The van der Waals surface area contributed by atoms with Gasteiger partial charge in [-0.15, -0.1) is 0 Å². The van der Waals surface area contributed by atoms with Gasteiger partial charge in [0.05, 0.1) is 0 Å². The van der Waals surface area contributed by atoms with E-state index in [4.69, 9.17) is 0 Å². The number of hydrogen-bond acceptors (Lipinski definition) is 3. The minimum atomic E-state index is 0.998. The van der Waals surface area contributed by atoms with Crippen molar-refractivity contribution in [1.82, 2.24) is 9.97 Å². The Kier molecular flexibility index (Phi) is 2.08. The Bertz CT molecular complexity index is 256. The van der Waals surface area contributed by atoms with Gasteiger partial charge >= 0.3 is 0 Å². The van der Waals surface area contributed by atoms with E-state index in [1.54, 1.807) is 6.33 Å². The van der Waals surface area contributed by atoms with E-state index in [0.717, 1.165) is 17.1 Å². The zero-order chi connectivity index (χ0) is 8.43. The molecule has 0 aliphatic heterocycles. The average molecular weight is 151 g/mol. The Labute approximate surface area is 67.1 Å². The smallest absolute Gasteiger partial charge is 0.134 e. The summed E-state index contributed by atoms with van der Waals surface area (Å²) in [5.41, 5.74) is 2.20. The lowest BCUT2D eigenvalue weighted by atomic mass is 10.2. The van der Waals surface area contributed by atoms with Crippen LogP contribution in [0.25, 0.3) is 0 Å². The van der Waals surface area contributed by atoms with Crippen LogP contribution in [0.1, 0.15) is 11.3 Å². The zero-order valence-electron chi connectivity index (χ0n) is 7.42. The van der Waals surface area contributed by atoms with E-state index < -0.39 is 0 Å². The SMILES string of the molecule is Cc1ncnc(N(C)C)c1C. The highest BCUT2D eigenvalue weighted by atomic mass is 15.1. The first-order valence-electron chi connectivity index (χ1n) is 3.58. The summed E-state index contributed by atoms with van der Waals surface area (Å²) in [5.74, 6) is 0.998. The van der Waals surface area contributed by atoms with E-state index in [-0.39, 0.29) is 0 Å². The summed E-state index contributed by atoms with van der Waals surface area (Å²) < 4.78 is 0. The molecule has 3 heteroatoms. The highest BCUT2D eigenvalue weighted by molar-refractivity contribution is 5.45. The van der Waals surface area contributed by atoms with Gasteiger partial charge in [0.25, 0.3) is 0 Å². The van der Waals surface area contributed by atoms with Gasteiger partial charge in [-0.3, -0.25) is 0 Å².